The molecule has 0 spiro atoms. The van der Waals surface area contributed by atoms with Gasteiger partial charge < -0.3 is 15.4 Å². The Balaban J connectivity index is 1.87. The van der Waals surface area contributed by atoms with Crippen LogP contribution in [0.5, 0.6) is 0 Å². The van der Waals surface area contributed by atoms with Crippen LogP contribution in [0.3, 0.4) is 0 Å². The van der Waals surface area contributed by atoms with Crippen LogP contribution in [-0.2, 0) is 19.1 Å². The zero-order chi connectivity index (χ0) is 19.9. The minimum absolute atomic E-state index is 0.165. The molecule has 7 nitrogen and oxygen atoms in total. The Morgan fingerprint density at radius 3 is 2.64 bits per heavy atom. The fraction of sp³-hybridized carbons (Fsp3) is 0.400. The number of aromatic nitrogens is 1. The highest BCUT2D eigenvalue weighted by molar-refractivity contribution is 7.13. The maximum Gasteiger partial charge on any atom is 0.396 e. The molecule has 1 heterocycles. The Labute approximate surface area is 167 Å². The summed E-state index contributed by atoms with van der Waals surface area (Å²) in [4.78, 5) is 40.7. The first-order valence-corrected chi connectivity index (χ1v) is 10.1. The van der Waals surface area contributed by atoms with E-state index in [9.17, 15) is 14.4 Å². The quantitative estimate of drug-likeness (QED) is 0.570. The topological polar surface area (TPSA) is 97.4 Å². The first-order chi connectivity index (χ1) is 13.6. The number of carbonyl (C=O) groups excluding carboxylic acids is 3. The van der Waals surface area contributed by atoms with Gasteiger partial charge in [-0.25, -0.2) is 9.78 Å². The Hall–Kier alpha value is -2.74. The number of nitrogens with one attached hydrogen (secondary N) is 2. The summed E-state index contributed by atoms with van der Waals surface area (Å²) in [6.07, 6.45) is 6.85. The van der Waals surface area contributed by atoms with Crippen molar-refractivity contribution in [1.82, 2.24) is 4.98 Å². The molecule has 2 amide bonds. The van der Waals surface area contributed by atoms with Crippen LogP contribution in [0.25, 0.3) is 0 Å². The summed E-state index contributed by atoms with van der Waals surface area (Å²) in [5, 5.41) is 7.78. The van der Waals surface area contributed by atoms with E-state index in [-0.39, 0.29) is 5.91 Å². The van der Waals surface area contributed by atoms with Crippen molar-refractivity contribution in [3.63, 3.8) is 0 Å². The molecule has 8 heteroatoms. The van der Waals surface area contributed by atoms with Gasteiger partial charge >= 0.3 is 11.9 Å². The maximum absolute atomic E-state index is 13.1. The number of rotatable bonds is 6. The van der Waals surface area contributed by atoms with Crippen LogP contribution in [0.2, 0.25) is 0 Å². The fourth-order valence-electron chi connectivity index (χ4n) is 3.61. The number of para-hydroxylation sites is 1. The van der Waals surface area contributed by atoms with Crippen LogP contribution in [0, 0.1) is 5.92 Å². The molecule has 28 heavy (non-hydrogen) atoms. The van der Waals surface area contributed by atoms with Gasteiger partial charge in [0.15, 0.2) is 5.13 Å². The summed E-state index contributed by atoms with van der Waals surface area (Å²) in [7, 11) is 1.15. The van der Waals surface area contributed by atoms with E-state index in [1.807, 2.05) is 12.1 Å². The van der Waals surface area contributed by atoms with Gasteiger partial charge in [-0.2, -0.15) is 0 Å². The normalized spacial score (nSPS) is 15.0. The smallest absolute Gasteiger partial charge is 0.396 e. The summed E-state index contributed by atoms with van der Waals surface area (Å²) in [6.45, 7) is 0. The monoisotopic (exact) mass is 401 g/mol. The van der Waals surface area contributed by atoms with E-state index in [2.05, 4.69) is 20.4 Å². The van der Waals surface area contributed by atoms with Gasteiger partial charge in [0.25, 0.3) is 0 Å². The molecular weight excluding hydrogens is 378 g/mol. The molecule has 1 aliphatic carbocycles. The molecule has 1 atom stereocenters. The van der Waals surface area contributed by atoms with Gasteiger partial charge in [-0.1, -0.05) is 43.9 Å². The van der Waals surface area contributed by atoms with Crippen LogP contribution in [0.15, 0.2) is 35.8 Å². The van der Waals surface area contributed by atoms with Crippen LogP contribution in [0.1, 0.15) is 43.6 Å². The standard InChI is InChI=1S/C20H23N3O4S/c1-27-19(26)18(25)22-16-9-5-4-8-14(16)15(12-13-6-2-3-7-13)17(24)23-20-21-10-11-28-20/h4-5,8-11,13,15H,2-3,6-7,12H2,1H3,(H,22,25)(H,21,23,24). The minimum Gasteiger partial charge on any atom is -0.462 e. The van der Waals surface area contributed by atoms with Crippen LogP contribution in [0.4, 0.5) is 10.8 Å². The third-order valence-corrected chi connectivity index (χ3v) is 5.67. The summed E-state index contributed by atoms with van der Waals surface area (Å²) >= 11 is 1.35. The van der Waals surface area contributed by atoms with Crippen LogP contribution in [-0.4, -0.2) is 29.9 Å². The number of thiazole rings is 1. The second-order valence-electron chi connectivity index (χ2n) is 6.80. The van der Waals surface area contributed by atoms with Crippen molar-refractivity contribution >= 4 is 39.9 Å². The highest BCUT2D eigenvalue weighted by atomic mass is 32.1. The predicted molar refractivity (Wildman–Crippen MR) is 107 cm³/mol. The number of nitrogens with zero attached hydrogens (tertiary/aromatic N) is 1. The average molecular weight is 401 g/mol. The molecule has 1 aliphatic rings. The summed E-state index contributed by atoms with van der Waals surface area (Å²) in [5.41, 5.74) is 1.12. The van der Waals surface area contributed by atoms with Crippen molar-refractivity contribution in [3.05, 3.63) is 41.4 Å². The first kappa shape index (κ1) is 20.0. The van der Waals surface area contributed by atoms with Gasteiger partial charge in [0.2, 0.25) is 5.91 Å². The molecule has 1 unspecified atom stereocenters. The molecule has 1 aromatic heterocycles. The lowest BCUT2D eigenvalue weighted by molar-refractivity contribution is -0.150. The van der Waals surface area contributed by atoms with E-state index in [1.165, 1.54) is 24.2 Å². The number of ether oxygens (including phenoxy) is 1. The number of carbonyl (C=O) groups is 3. The van der Waals surface area contributed by atoms with Crippen molar-refractivity contribution in [1.29, 1.82) is 0 Å². The Morgan fingerprint density at radius 2 is 1.96 bits per heavy atom. The summed E-state index contributed by atoms with van der Waals surface area (Å²) < 4.78 is 4.47. The van der Waals surface area contributed by atoms with E-state index in [1.54, 1.807) is 23.7 Å². The zero-order valence-corrected chi connectivity index (χ0v) is 16.5. The molecule has 2 aromatic rings. The minimum atomic E-state index is -0.977. The Morgan fingerprint density at radius 1 is 1.21 bits per heavy atom. The SMILES string of the molecule is COC(=O)C(=O)Nc1ccccc1C(CC1CCCC1)C(=O)Nc1nccs1. The molecule has 1 saturated carbocycles. The number of methoxy groups -OCH3 is 1. The van der Waals surface area contributed by atoms with E-state index < -0.39 is 17.8 Å². The van der Waals surface area contributed by atoms with Gasteiger partial charge in [0, 0.05) is 17.3 Å². The lowest BCUT2D eigenvalue weighted by atomic mass is 9.86. The third kappa shape index (κ3) is 4.95. The molecular formula is C20H23N3O4S. The van der Waals surface area contributed by atoms with Gasteiger partial charge in [-0.3, -0.25) is 9.59 Å². The second kappa shape index (κ2) is 9.45. The molecule has 0 bridgehead atoms. The molecule has 0 radical (unpaired) electrons. The van der Waals surface area contributed by atoms with Crippen molar-refractivity contribution in [2.45, 2.75) is 38.0 Å². The highest BCUT2D eigenvalue weighted by Crippen LogP contribution is 2.37. The van der Waals surface area contributed by atoms with Crippen LogP contribution < -0.4 is 10.6 Å². The molecule has 3 rings (SSSR count). The molecule has 0 saturated heterocycles. The van der Waals surface area contributed by atoms with E-state index in [0.29, 0.717) is 28.7 Å². The first-order valence-electron chi connectivity index (χ1n) is 9.27. The number of hydrogen-bond donors (Lipinski definition) is 2. The Kier molecular flexibility index (Phi) is 6.76. The average Bonchev–Trinajstić information content (AvgIpc) is 3.40. The van der Waals surface area contributed by atoms with Crippen LogP contribution >= 0.6 is 11.3 Å². The maximum atomic E-state index is 13.1. The number of esters is 1. The second-order valence-corrected chi connectivity index (χ2v) is 7.69. The molecule has 1 aromatic carbocycles. The van der Waals surface area contributed by atoms with Gasteiger partial charge in [-0.15, -0.1) is 11.3 Å². The molecule has 2 N–H and O–H groups in total. The van der Waals surface area contributed by atoms with Crippen molar-refractivity contribution in [3.8, 4) is 0 Å². The summed E-state index contributed by atoms with van der Waals surface area (Å²) in [5.74, 6) is -2.01. The predicted octanol–water partition coefficient (Wildman–Crippen LogP) is 3.56. The number of hydrogen-bond acceptors (Lipinski definition) is 6. The number of amides is 2. The zero-order valence-electron chi connectivity index (χ0n) is 15.6. The van der Waals surface area contributed by atoms with E-state index in [4.69, 9.17) is 0 Å². The summed E-state index contributed by atoms with van der Waals surface area (Å²) in [6, 6.07) is 7.08. The van der Waals surface area contributed by atoms with Crippen molar-refractivity contribution < 1.29 is 19.1 Å². The number of benzene rings is 1. The lowest BCUT2D eigenvalue weighted by Crippen LogP contribution is -2.27. The lowest BCUT2D eigenvalue weighted by Gasteiger charge is -2.22. The largest absolute Gasteiger partial charge is 0.462 e. The molecule has 0 aliphatic heterocycles. The van der Waals surface area contributed by atoms with Gasteiger partial charge in [-0.05, 0) is 24.0 Å². The van der Waals surface area contributed by atoms with Crippen molar-refractivity contribution in [2.24, 2.45) is 5.92 Å². The number of anilines is 2. The van der Waals surface area contributed by atoms with E-state index >= 15 is 0 Å². The van der Waals surface area contributed by atoms with Gasteiger partial charge in [0.05, 0.1) is 13.0 Å². The van der Waals surface area contributed by atoms with Crippen molar-refractivity contribution in [2.75, 3.05) is 17.7 Å². The Bertz CT molecular complexity index is 832. The molecule has 148 valence electrons. The highest BCUT2D eigenvalue weighted by Gasteiger charge is 2.29. The van der Waals surface area contributed by atoms with E-state index in [0.717, 1.165) is 20.0 Å². The third-order valence-electron chi connectivity index (χ3n) is 4.98. The fourth-order valence-corrected chi connectivity index (χ4v) is 4.14. The molecule has 1 fully saturated rings. The van der Waals surface area contributed by atoms with Gasteiger partial charge in [0.1, 0.15) is 0 Å².